The first-order valence-electron chi connectivity index (χ1n) is 8.16. The molecule has 0 bridgehead atoms. The topological polar surface area (TPSA) is 40.5 Å². The Morgan fingerprint density at radius 3 is 2.82 bits per heavy atom. The first-order chi connectivity index (χ1) is 10.2. The van der Waals surface area contributed by atoms with Gasteiger partial charge >= 0.3 is 0 Å². The molecule has 1 saturated heterocycles. The molecule has 2 fully saturated rings. The Morgan fingerprint density at radius 1 is 1.41 bits per heavy atom. The lowest BCUT2D eigenvalue weighted by atomic mass is 9.68. The molecule has 0 aromatic carbocycles. The van der Waals surface area contributed by atoms with Crippen molar-refractivity contribution in [3.8, 4) is 0 Å². The normalized spacial score (nSPS) is 19.7. The van der Waals surface area contributed by atoms with Crippen LogP contribution in [0.4, 0.5) is 0 Å². The minimum absolute atomic E-state index is 0. The van der Waals surface area contributed by atoms with E-state index in [0.29, 0.717) is 12.0 Å². The van der Waals surface area contributed by atoms with Gasteiger partial charge in [-0.1, -0.05) is 12.5 Å². The van der Waals surface area contributed by atoms with E-state index in [9.17, 15) is 0 Å². The van der Waals surface area contributed by atoms with Crippen molar-refractivity contribution < 1.29 is 0 Å². The number of likely N-dealkylation sites (tertiary alicyclic amines) is 1. The van der Waals surface area contributed by atoms with Crippen LogP contribution >= 0.6 is 24.0 Å². The van der Waals surface area contributed by atoms with Crippen LogP contribution in [0.1, 0.15) is 43.9 Å². The van der Waals surface area contributed by atoms with Gasteiger partial charge in [-0.2, -0.15) is 0 Å². The van der Waals surface area contributed by atoms with Gasteiger partial charge in [0.05, 0.1) is 12.2 Å². The van der Waals surface area contributed by atoms with Crippen LogP contribution < -0.4 is 5.32 Å². The lowest BCUT2D eigenvalue weighted by Gasteiger charge is -2.38. The third-order valence-electron chi connectivity index (χ3n) is 4.98. The van der Waals surface area contributed by atoms with E-state index in [1.54, 1.807) is 0 Å². The molecule has 3 rings (SSSR count). The highest BCUT2D eigenvalue weighted by Gasteiger charge is 2.43. The number of guanidine groups is 1. The van der Waals surface area contributed by atoms with E-state index >= 15 is 0 Å². The summed E-state index contributed by atoms with van der Waals surface area (Å²) in [7, 11) is 0. The molecule has 1 aromatic rings. The van der Waals surface area contributed by atoms with E-state index in [1.807, 2.05) is 12.3 Å². The predicted octanol–water partition coefficient (Wildman–Crippen LogP) is 3.35. The van der Waals surface area contributed by atoms with E-state index in [1.165, 1.54) is 37.8 Å². The molecule has 1 spiro atoms. The number of aromatic nitrogens is 1. The maximum atomic E-state index is 4.82. The molecule has 1 saturated carbocycles. The van der Waals surface area contributed by atoms with Crippen LogP contribution in [0.15, 0.2) is 23.3 Å². The highest BCUT2D eigenvalue weighted by atomic mass is 127. The van der Waals surface area contributed by atoms with Crippen LogP contribution in [-0.2, 0) is 6.54 Å². The number of nitrogens with zero attached hydrogens (tertiary/aromatic N) is 3. The summed E-state index contributed by atoms with van der Waals surface area (Å²) in [6.45, 7) is 8.15. The second-order valence-electron chi connectivity index (χ2n) is 6.46. The molecule has 2 heterocycles. The molecule has 5 heteroatoms. The standard InChI is InChI=1S/C17H26N4.HI/c1-3-18-16(20-12-15-14(2)6-4-10-19-15)21-11-9-17(13-21)7-5-8-17;/h4,6,10H,3,5,7-9,11-13H2,1-2H3,(H,18,20);1H. The summed E-state index contributed by atoms with van der Waals surface area (Å²) in [4.78, 5) is 11.7. The predicted molar refractivity (Wildman–Crippen MR) is 102 cm³/mol. The molecule has 4 nitrogen and oxygen atoms in total. The fourth-order valence-corrected chi connectivity index (χ4v) is 3.46. The van der Waals surface area contributed by atoms with Crippen LogP contribution in [0.25, 0.3) is 0 Å². The van der Waals surface area contributed by atoms with Gasteiger partial charge in [0, 0.05) is 25.8 Å². The summed E-state index contributed by atoms with van der Waals surface area (Å²) < 4.78 is 0. The summed E-state index contributed by atoms with van der Waals surface area (Å²) in [6, 6.07) is 4.08. The third kappa shape index (κ3) is 3.73. The van der Waals surface area contributed by atoms with Crippen molar-refractivity contribution in [2.45, 2.75) is 46.1 Å². The van der Waals surface area contributed by atoms with Crippen LogP contribution in [0.3, 0.4) is 0 Å². The van der Waals surface area contributed by atoms with Crippen molar-refractivity contribution in [1.29, 1.82) is 0 Å². The van der Waals surface area contributed by atoms with Crippen LogP contribution in [0.5, 0.6) is 0 Å². The summed E-state index contributed by atoms with van der Waals surface area (Å²) in [6.07, 6.45) is 7.41. The van der Waals surface area contributed by atoms with Crippen molar-refractivity contribution in [1.82, 2.24) is 15.2 Å². The van der Waals surface area contributed by atoms with Crippen LogP contribution in [-0.4, -0.2) is 35.5 Å². The lowest BCUT2D eigenvalue weighted by molar-refractivity contribution is 0.151. The van der Waals surface area contributed by atoms with Crippen molar-refractivity contribution in [3.63, 3.8) is 0 Å². The molecule has 0 radical (unpaired) electrons. The van der Waals surface area contributed by atoms with E-state index in [0.717, 1.165) is 24.7 Å². The van der Waals surface area contributed by atoms with Crippen molar-refractivity contribution in [2.75, 3.05) is 19.6 Å². The van der Waals surface area contributed by atoms with Gasteiger partial charge in [0.2, 0.25) is 0 Å². The third-order valence-corrected chi connectivity index (χ3v) is 4.98. The number of pyridine rings is 1. The minimum Gasteiger partial charge on any atom is -0.357 e. The van der Waals surface area contributed by atoms with Gasteiger partial charge in [0.25, 0.3) is 0 Å². The first kappa shape index (κ1) is 17.5. The van der Waals surface area contributed by atoms with E-state index in [-0.39, 0.29) is 24.0 Å². The molecule has 1 aliphatic heterocycles. The number of aliphatic imine (C=N–C) groups is 1. The van der Waals surface area contributed by atoms with Crippen molar-refractivity contribution >= 4 is 29.9 Å². The molecule has 0 unspecified atom stereocenters. The SMILES string of the molecule is CCNC(=NCc1ncccc1C)N1CCC2(CCC2)C1.I. The van der Waals surface area contributed by atoms with Gasteiger partial charge in [0.15, 0.2) is 5.96 Å². The molecular formula is C17H27IN4. The Kier molecular flexibility index (Phi) is 6.06. The van der Waals surface area contributed by atoms with Gasteiger partial charge in [-0.25, -0.2) is 4.99 Å². The molecule has 1 aliphatic carbocycles. The number of aryl methyl sites for hydroxylation is 1. The van der Waals surface area contributed by atoms with Crippen molar-refractivity contribution in [2.24, 2.45) is 10.4 Å². The number of nitrogens with one attached hydrogen (secondary N) is 1. The highest BCUT2D eigenvalue weighted by molar-refractivity contribution is 14.0. The van der Waals surface area contributed by atoms with Gasteiger partial charge < -0.3 is 10.2 Å². The zero-order valence-electron chi connectivity index (χ0n) is 13.6. The lowest BCUT2D eigenvalue weighted by Crippen LogP contribution is -2.42. The van der Waals surface area contributed by atoms with Gasteiger partial charge in [-0.15, -0.1) is 24.0 Å². The molecule has 0 atom stereocenters. The Hall–Kier alpha value is -0.850. The maximum absolute atomic E-state index is 4.82. The number of hydrogen-bond acceptors (Lipinski definition) is 2. The highest BCUT2D eigenvalue weighted by Crippen LogP contribution is 2.47. The van der Waals surface area contributed by atoms with Crippen LogP contribution in [0, 0.1) is 12.3 Å². The molecule has 1 N–H and O–H groups in total. The fourth-order valence-electron chi connectivity index (χ4n) is 3.46. The Bertz CT molecular complexity index is 525. The molecule has 22 heavy (non-hydrogen) atoms. The monoisotopic (exact) mass is 414 g/mol. The number of hydrogen-bond donors (Lipinski definition) is 1. The van der Waals surface area contributed by atoms with E-state index in [2.05, 4.69) is 35.1 Å². The van der Waals surface area contributed by atoms with E-state index in [4.69, 9.17) is 4.99 Å². The zero-order chi connectivity index (χ0) is 14.7. The van der Waals surface area contributed by atoms with E-state index < -0.39 is 0 Å². The number of rotatable bonds is 3. The van der Waals surface area contributed by atoms with Crippen molar-refractivity contribution in [3.05, 3.63) is 29.6 Å². The molecule has 1 aromatic heterocycles. The molecule has 2 aliphatic rings. The van der Waals surface area contributed by atoms with Gasteiger partial charge in [-0.3, -0.25) is 4.98 Å². The molecule has 122 valence electrons. The summed E-state index contributed by atoms with van der Waals surface area (Å²) >= 11 is 0. The Morgan fingerprint density at radius 2 is 2.23 bits per heavy atom. The molecular weight excluding hydrogens is 387 g/mol. The fraction of sp³-hybridized carbons (Fsp3) is 0.647. The largest absolute Gasteiger partial charge is 0.357 e. The summed E-state index contributed by atoms with van der Waals surface area (Å²) in [5.74, 6) is 1.06. The van der Waals surface area contributed by atoms with Gasteiger partial charge in [-0.05, 0) is 50.2 Å². The minimum atomic E-state index is 0. The molecule has 0 amide bonds. The van der Waals surface area contributed by atoms with Gasteiger partial charge in [0.1, 0.15) is 0 Å². The second kappa shape index (κ2) is 7.62. The quantitative estimate of drug-likeness (QED) is 0.469. The number of halogens is 1. The average Bonchev–Trinajstić information content (AvgIpc) is 2.90. The first-order valence-corrected chi connectivity index (χ1v) is 8.16. The summed E-state index contributed by atoms with van der Waals surface area (Å²) in [5.41, 5.74) is 2.90. The smallest absolute Gasteiger partial charge is 0.194 e. The zero-order valence-corrected chi connectivity index (χ0v) is 16.0. The summed E-state index contributed by atoms with van der Waals surface area (Å²) in [5, 5.41) is 3.45. The van der Waals surface area contributed by atoms with Crippen LogP contribution in [0.2, 0.25) is 0 Å². The second-order valence-corrected chi connectivity index (χ2v) is 6.46. The average molecular weight is 414 g/mol. The maximum Gasteiger partial charge on any atom is 0.194 e. The Balaban J connectivity index is 0.00000176. The Labute approximate surface area is 150 Å².